The van der Waals surface area contributed by atoms with E-state index in [9.17, 15) is 14.9 Å². The summed E-state index contributed by atoms with van der Waals surface area (Å²) in [4.78, 5) is 25.8. The Bertz CT molecular complexity index is 591. The Morgan fingerprint density at radius 2 is 1.75 bits per heavy atom. The number of nitriles is 1. The highest BCUT2D eigenvalue weighted by atomic mass is 16.2. The van der Waals surface area contributed by atoms with Gasteiger partial charge in [0.2, 0.25) is 11.8 Å². The van der Waals surface area contributed by atoms with Crippen LogP contribution in [0.4, 0.5) is 0 Å². The van der Waals surface area contributed by atoms with E-state index in [1.165, 1.54) is 4.90 Å². The predicted octanol–water partition coefficient (Wildman–Crippen LogP) is 1.93. The predicted molar refractivity (Wildman–Crippen MR) is 72.3 cm³/mol. The number of carbonyl (C=O) groups is 2. The van der Waals surface area contributed by atoms with E-state index in [4.69, 9.17) is 0 Å². The van der Waals surface area contributed by atoms with Gasteiger partial charge in [-0.05, 0) is 11.0 Å². The Morgan fingerprint density at radius 3 is 2.25 bits per heavy atom. The maximum atomic E-state index is 12.3. The van der Waals surface area contributed by atoms with E-state index >= 15 is 0 Å². The van der Waals surface area contributed by atoms with Crippen molar-refractivity contribution >= 4 is 11.8 Å². The highest BCUT2D eigenvalue weighted by molar-refractivity contribution is 6.10. The summed E-state index contributed by atoms with van der Waals surface area (Å²) in [5.74, 6) is -1.03. The average molecular weight is 268 g/mol. The van der Waals surface area contributed by atoms with Gasteiger partial charge in [-0.25, -0.2) is 0 Å². The van der Waals surface area contributed by atoms with Gasteiger partial charge in [0.25, 0.3) is 0 Å². The van der Waals surface area contributed by atoms with E-state index in [0.29, 0.717) is 0 Å². The summed E-state index contributed by atoms with van der Waals surface area (Å²) in [6.45, 7) is 4.07. The fraction of sp³-hybridized carbons (Fsp3) is 0.438. The minimum Gasteiger partial charge on any atom is -0.280 e. The van der Waals surface area contributed by atoms with Crippen molar-refractivity contribution in [3.63, 3.8) is 0 Å². The molecule has 1 heterocycles. The molecule has 0 aromatic heterocycles. The molecule has 1 aromatic carbocycles. The number of fused-ring (bicyclic) bond motifs is 1. The van der Waals surface area contributed by atoms with Gasteiger partial charge >= 0.3 is 0 Å². The Kier molecular flexibility index (Phi) is 2.68. The normalized spacial score (nSPS) is 27.9. The van der Waals surface area contributed by atoms with Gasteiger partial charge in [0.1, 0.15) is 0 Å². The summed E-state index contributed by atoms with van der Waals surface area (Å²) in [6, 6.07) is 11.5. The van der Waals surface area contributed by atoms with Crippen molar-refractivity contribution in [2.45, 2.75) is 19.8 Å². The molecule has 0 N–H and O–H groups in total. The summed E-state index contributed by atoms with van der Waals surface area (Å²) < 4.78 is 0. The van der Waals surface area contributed by atoms with Crippen LogP contribution in [0.1, 0.15) is 25.3 Å². The highest BCUT2D eigenvalue weighted by Gasteiger charge is 2.72. The van der Waals surface area contributed by atoms with Crippen molar-refractivity contribution in [2.24, 2.45) is 17.3 Å². The molecular weight excluding hydrogens is 252 g/mol. The maximum absolute atomic E-state index is 12.3. The number of amides is 2. The van der Waals surface area contributed by atoms with Crippen LogP contribution in [0.3, 0.4) is 0 Å². The SMILES string of the molecule is CC1(C)C2C(=O)N(CC(C#N)c3ccccc3)C(=O)C21. The van der Waals surface area contributed by atoms with Crippen LogP contribution >= 0.6 is 0 Å². The number of piperidine rings is 1. The lowest BCUT2D eigenvalue weighted by atomic mass is 9.99. The van der Waals surface area contributed by atoms with Crippen LogP contribution in [0.15, 0.2) is 30.3 Å². The van der Waals surface area contributed by atoms with Crippen molar-refractivity contribution in [2.75, 3.05) is 6.54 Å². The number of hydrogen-bond donors (Lipinski definition) is 0. The lowest BCUT2D eigenvalue weighted by Gasteiger charge is -2.22. The summed E-state index contributed by atoms with van der Waals surface area (Å²) in [6.07, 6.45) is 0. The standard InChI is InChI=1S/C16H16N2O2/c1-16(2)12-13(16)15(20)18(14(12)19)9-11(8-17)10-6-4-3-5-7-10/h3-7,11-13H,9H2,1-2H3. The lowest BCUT2D eigenvalue weighted by molar-refractivity contribution is -0.143. The number of likely N-dealkylation sites (tertiary alicyclic amines) is 1. The third kappa shape index (κ3) is 1.66. The van der Waals surface area contributed by atoms with Crippen LogP contribution in [0.5, 0.6) is 0 Å². The molecule has 1 aliphatic heterocycles. The number of benzene rings is 1. The molecule has 2 fully saturated rings. The number of imide groups is 1. The quantitative estimate of drug-likeness (QED) is 0.787. The van der Waals surface area contributed by atoms with Crippen LogP contribution < -0.4 is 0 Å². The van der Waals surface area contributed by atoms with Gasteiger partial charge in [0, 0.05) is 6.54 Å². The molecule has 3 atom stereocenters. The molecule has 1 aromatic rings. The molecule has 0 spiro atoms. The van der Waals surface area contributed by atoms with Gasteiger partial charge < -0.3 is 0 Å². The fourth-order valence-corrected chi connectivity index (χ4v) is 3.27. The molecular formula is C16H16N2O2. The van der Waals surface area contributed by atoms with Crippen LogP contribution in [0, 0.1) is 28.6 Å². The van der Waals surface area contributed by atoms with E-state index in [0.717, 1.165) is 5.56 Å². The highest BCUT2D eigenvalue weighted by Crippen LogP contribution is 2.63. The minimum atomic E-state index is -0.454. The third-order valence-electron chi connectivity index (χ3n) is 4.61. The second-order valence-electron chi connectivity index (χ2n) is 6.16. The average Bonchev–Trinajstić information content (AvgIpc) is 2.91. The molecule has 0 bridgehead atoms. The van der Waals surface area contributed by atoms with Gasteiger partial charge in [0.15, 0.2) is 0 Å². The zero-order chi connectivity index (χ0) is 14.5. The Morgan fingerprint density at radius 1 is 1.20 bits per heavy atom. The minimum absolute atomic E-state index is 0.110. The number of nitrogens with zero attached hydrogens (tertiary/aromatic N) is 2. The van der Waals surface area contributed by atoms with E-state index in [1.807, 2.05) is 44.2 Å². The molecule has 3 unspecified atom stereocenters. The van der Waals surface area contributed by atoms with Crippen LogP contribution in [0.2, 0.25) is 0 Å². The van der Waals surface area contributed by atoms with Gasteiger partial charge in [-0.2, -0.15) is 5.26 Å². The van der Waals surface area contributed by atoms with Crippen molar-refractivity contribution in [1.82, 2.24) is 4.90 Å². The maximum Gasteiger partial charge on any atom is 0.233 e. The van der Waals surface area contributed by atoms with E-state index in [2.05, 4.69) is 6.07 Å². The molecule has 3 rings (SSSR count). The summed E-state index contributed by atoms with van der Waals surface area (Å²) in [5, 5.41) is 9.29. The second-order valence-corrected chi connectivity index (χ2v) is 6.16. The molecule has 2 aliphatic rings. The number of carbonyl (C=O) groups excluding carboxylic acids is 2. The van der Waals surface area contributed by atoms with Crippen LogP contribution in [-0.4, -0.2) is 23.3 Å². The molecule has 102 valence electrons. The number of hydrogen-bond acceptors (Lipinski definition) is 3. The zero-order valence-corrected chi connectivity index (χ0v) is 11.5. The Balaban J connectivity index is 1.78. The first kappa shape index (κ1) is 12.9. The molecule has 4 heteroatoms. The smallest absolute Gasteiger partial charge is 0.233 e. The second kappa shape index (κ2) is 4.17. The van der Waals surface area contributed by atoms with Gasteiger partial charge in [-0.1, -0.05) is 44.2 Å². The fourth-order valence-electron chi connectivity index (χ4n) is 3.27. The Labute approximate surface area is 118 Å². The molecule has 1 saturated carbocycles. The monoisotopic (exact) mass is 268 g/mol. The topological polar surface area (TPSA) is 61.2 Å². The van der Waals surface area contributed by atoms with Crippen molar-refractivity contribution in [3.05, 3.63) is 35.9 Å². The van der Waals surface area contributed by atoms with Crippen molar-refractivity contribution < 1.29 is 9.59 Å². The van der Waals surface area contributed by atoms with E-state index in [-0.39, 0.29) is 35.6 Å². The lowest BCUT2D eigenvalue weighted by Crippen LogP contribution is -2.38. The van der Waals surface area contributed by atoms with Gasteiger partial charge in [0.05, 0.1) is 23.8 Å². The Hall–Kier alpha value is -2.15. The molecule has 2 amide bonds. The first-order valence-corrected chi connectivity index (χ1v) is 6.78. The van der Waals surface area contributed by atoms with Crippen molar-refractivity contribution in [1.29, 1.82) is 5.26 Å². The van der Waals surface area contributed by atoms with Crippen LogP contribution in [0.25, 0.3) is 0 Å². The molecule has 0 radical (unpaired) electrons. The molecule has 20 heavy (non-hydrogen) atoms. The zero-order valence-electron chi connectivity index (χ0n) is 11.5. The largest absolute Gasteiger partial charge is 0.280 e. The summed E-state index contributed by atoms with van der Waals surface area (Å²) in [5.41, 5.74) is 0.648. The van der Waals surface area contributed by atoms with E-state index in [1.54, 1.807) is 0 Å². The third-order valence-corrected chi connectivity index (χ3v) is 4.61. The number of rotatable bonds is 3. The molecule has 1 saturated heterocycles. The molecule has 4 nitrogen and oxygen atoms in total. The van der Waals surface area contributed by atoms with Gasteiger partial charge in [-0.3, -0.25) is 14.5 Å². The first-order valence-electron chi connectivity index (χ1n) is 6.78. The first-order chi connectivity index (χ1) is 9.48. The molecule has 1 aliphatic carbocycles. The van der Waals surface area contributed by atoms with E-state index < -0.39 is 5.92 Å². The summed E-state index contributed by atoms with van der Waals surface area (Å²) in [7, 11) is 0. The van der Waals surface area contributed by atoms with Crippen LogP contribution in [-0.2, 0) is 9.59 Å². The van der Waals surface area contributed by atoms with Gasteiger partial charge in [-0.15, -0.1) is 0 Å². The van der Waals surface area contributed by atoms with Crippen molar-refractivity contribution in [3.8, 4) is 6.07 Å². The summed E-state index contributed by atoms with van der Waals surface area (Å²) >= 11 is 0.